The first-order valence-corrected chi connectivity index (χ1v) is 17.9. The number of amides is 1. The molecule has 1 aliphatic heterocycles. The van der Waals surface area contributed by atoms with Crippen molar-refractivity contribution in [2.75, 3.05) is 6.61 Å². The molecule has 13 heteroatoms. The molecular weight excluding hydrogens is 674 g/mol. The van der Waals surface area contributed by atoms with E-state index in [2.05, 4.69) is 5.32 Å². The van der Waals surface area contributed by atoms with E-state index >= 15 is 0 Å². The van der Waals surface area contributed by atoms with Crippen LogP contribution in [0, 0.1) is 22.2 Å². The number of hydrogen-bond acceptors (Lipinski definition) is 12. The van der Waals surface area contributed by atoms with Crippen LogP contribution in [0.5, 0.6) is 0 Å². The Hall–Kier alpha value is -3.65. The molecule has 13 nitrogen and oxygen atoms in total. The summed E-state index contributed by atoms with van der Waals surface area (Å²) in [5.41, 5.74) is -5.54. The predicted molar refractivity (Wildman–Crippen MR) is 185 cm³/mol. The molecule has 3 fully saturated rings. The fourth-order valence-corrected chi connectivity index (χ4v) is 9.02. The Bertz CT molecular complexity index is 1650. The molecule has 5 rings (SSSR count). The molecule has 1 amide bonds. The van der Waals surface area contributed by atoms with Gasteiger partial charge in [0.25, 0.3) is 0 Å². The van der Waals surface area contributed by atoms with Crippen molar-refractivity contribution in [2.45, 2.75) is 136 Å². The number of benzene rings is 1. The molecular formula is C39H53NO12. The second-order valence-corrected chi connectivity index (χ2v) is 17.0. The Kier molecular flexibility index (Phi) is 10.4. The van der Waals surface area contributed by atoms with Crippen LogP contribution in [-0.4, -0.2) is 93.2 Å². The molecule has 52 heavy (non-hydrogen) atoms. The zero-order valence-electron chi connectivity index (χ0n) is 31.5. The normalized spacial score (nSPS) is 34.9. The molecule has 2 saturated carbocycles. The van der Waals surface area contributed by atoms with E-state index in [0.29, 0.717) is 11.1 Å². The summed E-state index contributed by atoms with van der Waals surface area (Å²) in [6.45, 7) is 14.5. The van der Waals surface area contributed by atoms with Crippen LogP contribution in [0.1, 0.15) is 99.6 Å². The van der Waals surface area contributed by atoms with E-state index in [1.54, 1.807) is 58.0 Å². The molecule has 10 atom stereocenters. The molecule has 1 heterocycles. The summed E-state index contributed by atoms with van der Waals surface area (Å²) in [4.78, 5) is 67.1. The fraction of sp³-hybridized carbons (Fsp3) is 0.667. The number of carbonyl (C=O) groups is 5. The number of esters is 3. The minimum absolute atomic E-state index is 0.0361. The van der Waals surface area contributed by atoms with Gasteiger partial charge in [-0.2, -0.15) is 0 Å². The summed E-state index contributed by atoms with van der Waals surface area (Å²) in [5, 5.41) is 38.8. The number of fused-ring (bicyclic) bond motifs is 5. The highest BCUT2D eigenvalue weighted by molar-refractivity contribution is 5.95. The Labute approximate surface area is 304 Å². The van der Waals surface area contributed by atoms with E-state index < -0.39 is 88.2 Å². The fourth-order valence-electron chi connectivity index (χ4n) is 9.02. The van der Waals surface area contributed by atoms with Crippen molar-refractivity contribution >= 4 is 29.6 Å². The van der Waals surface area contributed by atoms with Gasteiger partial charge in [-0.05, 0) is 42.4 Å². The monoisotopic (exact) mass is 727 g/mol. The second kappa shape index (κ2) is 13.6. The third-order valence-corrected chi connectivity index (χ3v) is 11.9. The molecule has 4 aliphatic rings. The van der Waals surface area contributed by atoms with Crippen molar-refractivity contribution in [1.29, 1.82) is 0 Å². The molecule has 3 aliphatic carbocycles. The standard InChI is InChI=1S/C39H53NO12/c1-20-24(51-34(47)31(45)30(23-13-11-10-12-14-23)40-28(44)18-35(4,5)6)16-38(48)17-25-37(9,26(43)15-27-39(25,19-49-27)52-22(3)42)33(46)32(50-21(2)41)29(20)36(38,7)8/h10-14,24-27,30-32,43,45,48H,15-19H2,1-9H3,(H,40,44)/t24-,25-,26?,27?,30?,31+,32?,37+,38?,39+/m0/s1. The number of ether oxygens (including phenoxy) is 4. The highest BCUT2D eigenvalue weighted by Gasteiger charge is 2.74. The topological polar surface area (TPSA) is 195 Å². The van der Waals surface area contributed by atoms with Crippen LogP contribution in [0.4, 0.5) is 0 Å². The maximum Gasteiger partial charge on any atom is 0.338 e. The SMILES string of the molecule is CC(=O)OC1C(=O)[C@@]2(C)C(O)CC3OC[C@@]3(OC(C)=O)[C@H]2CC2(O)C[C@H](OC(=O)[C@H](O)C(NC(=O)CC(C)(C)C)c3ccccc3)C(C)=C1C2(C)C. The average Bonchev–Trinajstić information content (AvgIpc) is 3.02. The van der Waals surface area contributed by atoms with E-state index in [4.69, 9.17) is 18.9 Å². The molecule has 0 aromatic heterocycles. The van der Waals surface area contributed by atoms with Crippen LogP contribution >= 0.6 is 0 Å². The van der Waals surface area contributed by atoms with Crippen LogP contribution in [0.3, 0.4) is 0 Å². The molecule has 0 spiro atoms. The number of hydrogen-bond donors (Lipinski definition) is 4. The third-order valence-electron chi connectivity index (χ3n) is 11.9. The quantitative estimate of drug-likeness (QED) is 0.174. The first-order chi connectivity index (χ1) is 24.0. The van der Waals surface area contributed by atoms with Gasteiger partial charge in [0.2, 0.25) is 5.91 Å². The average molecular weight is 728 g/mol. The van der Waals surface area contributed by atoms with Gasteiger partial charge in [0.05, 0.1) is 29.8 Å². The lowest BCUT2D eigenvalue weighted by Gasteiger charge is -2.65. The Morgan fingerprint density at radius 2 is 1.65 bits per heavy atom. The molecule has 2 bridgehead atoms. The lowest BCUT2D eigenvalue weighted by Crippen LogP contribution is -2.77. The van der Waals surface area contributed by atoms with E-state index in [-0.39, 0.29) is 49.2 Å². The first kappa shape index (κ1) is 39.6. The number of aliphatic hydroxyl groups excluding tert-OH is 2. The number of rotatable bonds is 8. The van der Waals surface area contributed by atoms with Gasteiger partial charge in [0.15, 0.2) is 23.6 Å². The van der Waals surface area contributed by atoms with Crippen molar-refractivity contribution < 1.29 is 58.2 Å². The van der Waals surface area contributed by atoms with Gasteiger partial charge in [-0.1, -0.05) is 65.0 Å². The van der Waals surface area contributed by atoms with E-state index in [1.807, 2.05) is 20.8 Å². The lowest BCUT2D eigenvalue weighted by atomic mass is 9.46. The van der Waals surface area contributed by atoms with Crippen LogP contribution in [-0.2, 0) is 42.9 Å². The zero-order valence-corrected chi connectivity index (χ0v) is 31.5. The predicted octanol–water partition coefficient (Wildman–Crippen LogP) is 3.02. The third kappa shape index (κ3) is 6.69. The number of ketones is 1. The Balaban J connectivity index is 1.59. The smallest absolute Gasteiger partial charge is 0.338 e. The minimum Gasteiger partial charge on any atom is -0.456 e. The van der Waals surface area contributed by atoms with Crippen LogP contribution in [0.15, 0.2) is 41.5 Å². The summed E-state index contributed by atoms with van der Waals surface area (Å²) in [6, 6.07) is 7.32. The van der Waals surface area contributed by atoms with E-state index in [0.717, 1.165) is 6.92 Å². The van der Waals surface area contributed by atoms with E-state index in [1.165, 1.54) is 6.92 Å². The van der Waals surface area contributed by atoms with Gasteiger partial charge < -0.3 is 39.6 Å². The molecule has 0 radical (unpaired) electrons. The maximum absolute atomic E-state index is 14.9. The number of aliphatic hydroxyl groups is 3. The van der Waals surface area contributed by atoms with Crippen LogP contribution < -0.4 is 5.32 Å². The van der Waals surface area contributed by atoms with Gasteiger partial charge in [-0.3, -0.25) is 19.2 Å². The zero-order chi connectivity index (χ0) is 38.8. The lowest BCUT2D eigenvalue weighted by molar-refractivity contribution is -0.327. The summed E-state index contributed by atoms with van der Waals surface area (Å²) in [6.07, 6.45) is -7.11. The Morgan fingerprint density at radius 1 is 1.02 bits per heavy atom. The van der Waals surface area contributed by atoms with Gasteiger partial charge in [0, 0.05) is 44.4 Å². The van der Waals surface area contributed by atoms with Crippen molar-refractivity contribution in [3.63, 3.8) is 0 Å². The summed E-state index contributed by atoms with van der Waals surface area (Å²) in [7, 11) is 0. The number of carbonyl (C=O) groups excluding carboxylic acids is 5. The molecule has 4 N–H and O–H groups in total. The number of Topliss-reactive ketones (excluding diaryl/α,β-unsaturated/α-hetero) is 1. The van der Waals surface area contributed by atoms with Gasteiger partial charge in [-0.25, -0.2) is 4.79 Å². The molecule has 1 saturated heterocycles. The second-order valence-electron chi connectivity index (χ2n) is 17.0. The van der Waals surface area contributed by atoms with Crippen molar-refractivity contribution in [3.05, 3.63) is 47.0 Å². The summed E-state index contributed by atoms with van der Waals surface area (Å²) < 4.78 is 23.5. The highest BCUT2D eigenvalue weighted by atomic mass is 16.6. The van der Waals surface area contributed by atoms with Crippen molar-refractivity contribution in [2.24, 2.45) is 22.2 Å². The molecule has 5 unspecified atom stereocenters. The van der Waals surface area contributed by atoms with Crippen LogP contribution in [0.2, 0.25) is 0 Å². The molecule has 286 valence electrons. The van der Waals surface area contributed by atoms with Crippen molar-refractivity contribution in [3.8, 4) is 0 Å². The van der Waals surface area contributed by atoms with Crippen molar-refractivity contribution in [1.82, 2.24) is 5.32 Å². The summed E-state index contributed by atoms with van der Waals surface area (Å²) >= 11 is 0. The largest absolute Gasteiger partial charge is 0.456 e. The van der Waals surface area contributed by atoms with Gasteiger partial charge in [-0.15, -0.1) is 0 Å². The highest BCUT2D eigenvalue weighted by Crippen LogP contribution is 2.63. The maximum atomic E-state index is 14.9. The van der Waals surface area contributed by atoms with Gasteiger partial charge >= 0.3 is 17.9 Å². The first-order valence-electron chi connectivity index (χ1n) is 17.9. The number of nitrogens with one attached hydrogen (secondary N) is 1. The Morgan fingerprint density at radius 3 is 2.19 bits per heavy atom. The summed E-state index contributed by atoms with van der Waals surface area (Å²) in [5.74, 6) is -4.57. The van der Waals surface area contributed by atoms with Gasteiger partial charge in [0.1, 0.15) is 12.2 Å². The van der Waals surface area contributed by atoms with E-state index in [9.17, 15) is 39.3 Å². The molecule has 1 aromatic rings. The van der Waals surface area contributed by atoms with Crippen LogP contribution in [0.25, 0.3) is 0 Å². The minimum atomic E-state index is -1.87. The molecule has 1 aromatic carbocycles.